The molecule has 0 radical (unpaired) electrons. The van der Waals surface area contributed by atoms with Crippen molar-refractivity contribution in [3.05, 3.63) is 23.8 Å². The number of benzene rings is 1. The fraction of sp³-hybridized carbons (Fsp3) is 0.647. The van der Waals surface area contributed by atoms with Crippen molar-refractivity contribution in [2.75, 3.05) is 0 Å². The van der Waals surface area contributed by atoms with Crippen LogP contribution >= 0.6 is 0 Å². The van der Waals surface area contributed by atoms with Gasteiger partial charge in [0, 0.05) is 24.1 Å². The van der Waals surface area contributed by atoms with Crippen LogP contribution < -0.4 is 15.2 Å². The highest BCUT2D eigenvalue weighted by atomic mass is 16.5. The van der Waals surface area contributed by atoms with E-state index in [9.17, 15) is 0 Å². The van der Waals surface area contributed by atoms with Crippen molar-refractivity contribution in [3.8, 4) is 11.5 Å². The summed E-state index contributed by atoms with van der Waals surface area (Å²) in [5, 5.41) is 0. The average Bonchev–Trinajstić information content (AvgIpc) is 2.38. The molecule has 3 nitrogen and oxygen atoms in total. The Kier molecular flexibility index (Phi) is 3.63. The second kappa shape index (κ2) is 5.28. The van der Waals surface area contributed by atoms with Gasteiger partial charge in [0.25, 0.3) is 0 Å². The maximum Gasteiger partial charge on any atom is 0.128 e. The summed E-state index contributed by atoms with van der Waals surface area (Å²) in [7, 11) is 0. The van der Waals surface area contributed by atoms with E-state index in [0.717, 1.165) is 23.5 Å². The summed E-state index contributed by atoms with van der Waals surface area (Å²) in [5.74, 6) is 1.81. The summed E-state index contributed by atoms with van der Waals surface area (Å²) in [6.45, 7) is 4.18. The highest BCUT2D eigenvalue weighted by Crippen LogP contribution is 2.40. The summed E-state index contributed by atoms with van der Waals surface area (Å²) in [6, 6.07) is 6.17. The summed E-state index contributed by atoms with van der Waals surface area (Å²) < 4.78 is 12.2. The van der Waals surface area contributed by atoms with E-state index in [1.807, 2.05) is 12.1 Å². The van der Waals surface area contributed by atoms with Crippen molar-refractivity contribution in [1.82, 2.24) is 0 Å². The Hall–Kier alpha value is -1.22. The Balaban J connectivity index is 1.78. The molecule has 2 N–H and O–H groups in total. The molecule has 1 atom stereocenters. The molecular formula is C17H25NO2. The van der Waals surface area contributed by atoms with Crippen molar-refractivity contribution in [2.24, 2.45) is 5.73 Å². The molecule has 0 saturated heterocycles. The summed E-state index contributed by atoms with van der Waals surface area (Å²) >= 11 is 0. The zero-order chi connectivity index (χ0) is 14.2. The minimum absolute atomic E-state index is 0.0532. The number of nitrogens with two attached hydrogens (primary N) is 1. The molecule has 3 heteroatoms. The molecule has 1 aromatic carbocycles. The largest absolute Gasteiger partial charge is 0.490 e. The van der Waals surface area contributed by atoms with E-state index in [0.29, 0.717) is 6.10 Å². The highest BCUT2D eigenvalue weighted by Gasteiger charge is 2.32. The SMILES string of the molecule is CC1(C)CC(N)c2ccc(OC3CCCCC3)cc2O1. The fourth-order valence-electron chi connectivity index (χ4n) is 3.34. The third-order valence-corrected chi connectivity index (χ3v) is 4.34. The molecule has 0 spiro atoms. The molecule has 2 aliphatic rings. The normalized spacial score (nSPS) is 25.6. The molecular weight excluding hydrogens is 250 g/mol. The lowest BCUT2D eigenvalue weighted by molar-refractivity contribution is 0.0718. The van der Waals surface area contributed by atoms with Gasteiger partial charge in [-0.05, 0) is 45.6 Å². The molecule has 0 aromatic heterocycles. The van der Waals surface area contributed by atoms with Gasteiger partial charge in [-0.1, -0.05) is 12.5 Å². The lowest BCUT2D eigenvalue weighted by Gasteiger charge is -2.36. The van der Waals surface area contributed by atoms with Crippen LogP contribution in [-0.4, -0.2) is 11.7 Å². The standard InChI is InChI=1S/C17H25NO2/c1-17(2)11-15(18)14-9-8-13(10-16(14)20-17)19-12-6-4-3-5-7-12/h8-10,12,15H,3-7,11,18H2,1-2H3. The molecule has 1 aliphatic carbocycles. The van der Waals surface area contributed by atoms with Gasteiger partial charge in [0.1, 0.15) is 17.1 Å². The fourth-order valence-corrected chi connectivity index (χ4v) is 3.34. The first-order valence-corrected chi connectivity index (χ1v) is 7.79. The van der Waals surface area contributed by atoms with Crippen LogP contribution in [0.3, 0.4) is 0 Å². The van der Waals surface area contributed by atoms with Crippen LogP contribution in [0.25, 0.3) is 0 Å². The Morgan fingerprint density at radius 2 is 1.95 bits per heavy atom. The molecule has 0 bridgehead atoms. The van der Waals surface area contributed by atoms with E-state index in [4.69, 9.17) is 15.2 Å². The van der Waals surface area contributed by atoms with E-state index in [-0.39, 0.29) is 11.6 Å². The number of fused-ring (bicyclic) bond motifs is 1. The van der Waals surface area contributed by atoms with Gasteiger partial charge in [-0.25, -0.2) is 0 Å². The predicted octanol–water partition coefficient (Wildman–Crippen LogP) is 3.96. The number of rotatable bonds is 2. The van der Waals surface area contributed by atoms with Gasteiger partial charge < -0.3 is 15.2 Å². The van der Waals surface area contributed by atoms with Crippen LogP contribution in [0.1, 0.15) is 64.0 Å². The third-order valence-electron chi connectivity index (χ3n) is 4.34. The molecule has 0 amide bonds. The highest BCUT2D eigenvalue weighted by molar-refractivity contribution is 5.44. The molecule has 1 fully saturated rings. The van der Waals surface area contributed by atoms with Crippen molar-refractivity contribution in [1.29, 1.82) is 0 Å². The molecule has 20 heavy (non-hydrogen) atoms. The molecule has 1 aromatic rings. The Labute approximate surface area is 121 Å². The first-order chi connectivity index (χ1) is 9.53. The van der Waals surface area contributed by atoms with Crippen LogP contribution in [0.2, 0.25) is 0 Å². The quantitative estimate of drug-likeness (QED) is 0.888. The van der Waals surface area contributed by atoms with Crippen LogP contribution in [-0.2, 0) is 0 Å². The second-order valence-corrected chi connectivity index (χ2v) is 6.75. The topological polar surface area (TPSA) is 44.5 Å². The first-order valence-electron chi connectivity index (χ1n) is 7.79. The monoisotopic (exact) mass is 275 g/mol. The Morgan fingerprint density at radius 1 is 1.20 bits per heavy atom. The minimum Gasteiger partial charge on any atom is -0.490 e. The number of ether oxygens (including phenoxy) is 2. The minimum atomic E-state index is -0.199. The molecule has 3 rings (SSSR count). The summed E-state index contributed by atoms with van der Waals surface area (Å²) in [6.07, 6.45) is 7.46. The van der Waals surface area contributed by atoms with E-state index < -0.39 is 0 Å². The molecule has 1 aliphatic heterocycles. The Bertz CT molecular complexity index is 478. The van der Waals surface area contributed by atoms with E-state index in [1.54, 1.807) is 0 Å². The number of hydrogen-bond donors (Lipinski definition) is 1. The Morgan fingerprint density at radius 3 is 2.70 bits per heavy atom. The summed E-state index contributed by atoms with van der Waals surface area (Å²) in [4.78, 5) is 0. The lowest BCUT2D eigenvalue weighted by atomic mass is 9.90. The van der Waals surface area contributed by atoms with Crippen LogP contribution in [0, 0.1) is 0 Å². The van der Waals surface area contributed by atoms with Crippen molar-refractivity contribution >= 4 is 0 Å². The van der Waals surface area contributed by atoms with E-state index >= 15 is 0 Å². The van der Waals surface area contributed by atoms with Gasteiger partial charge in [-0.3, -0.25) is 0 Å². The maximum atomic E-state index is 6.24. The van der Waals surface area contributed by atoms with Crippen molar-refractivity contribution < 1.29 is 9.47 Å². The molecule has 1 saturated carbocycles. The molecule has 1 heterocycles. The third kappa shape index (κ3) is 2.93. The summed E-state index contributed by atoms with van der Waals surface area (Å²) in [5.41, 5.74) is 7.13. The van der Waals surface area contributed by atoms with Gasteiger partial charge in [0.05, 0.1) is 6.10 Å². The van der Waals surface area contributed by atoms with Gasteiger partial charge in [0.15, 0.2) is 0 Å². The van der Waals surface area contributed by atoms with Crippen molar-refractivity contribution in [2.45, 2.75) is 70.1 Å². The lowest BCUT2D eigenvalue weighted by Crippen LogP contribution is -2.37. The molecule has 1 unspecified atom stereocenters. The van der Waals surface area contributed by atoms with Crippen molar-refractivity contribution in [3.63, 3.8) is 0 Å². The molecule has 110 valence electrons. The van der Waals surface area contributed by atoms with Crippen LogP contribution in [0.4, 0.5) is 0 Å². The average molecular weight is 275 g/mol. The first kappa shape index (κ1) is 13.7. The number of hydrogen-bond acceptors (Lipinski definition) is 3. The van der Waals surface area contributed by atoms with Gasteiger partial charge in [-0.15, -0.1) is 0 Å². The zero-order valence-corrected chi connectivity index (χ0v) is 12.5. The smallest absolute Gasteiger partial charge is 0.128 e. The maximum absolute atomic E-state index is 6.24. The van der Waals surface area contributed by atoms with E-state index in [1.165, 1.54) is 32.1 Å². The van der Waals surface area contributed by atoms with Crippen LogP contribution in [0.5, 0.6) is 11.5 Å². The van der Waals surface area contributed by atoms with E-state index in [2.05, 4.69) is 19.9 Å². The zero-order valence-electron chi connectivity index (χ0n) is 12.5. The second-order valence-electron chi connectivity index (χ2n) is 6.75. The van der Waals surface area contributed by atoms with Crippen LogP contribution in [0.15, 0.2) is 18.2 Å². The van der Waals surface area contributed by atoms with Gasteiger partial charge in [0.2, 0.25) is 0 Å². The van der Waals surface area contributed by atoms with Gasteiger partial charge >= 0.3 is 0 Å². The van der Waals surface area contributed by atoms with Gasteiger partial charge in [-0.2, -0.15) is 0 Å². The predicted molar refractivity (Wildman–Crippen MR) is 80.2 cm³/mol.